The molecule has 2 aromatic rings. The van der Waals surface area contributed by atoms with Gasteiger partial charge in [0.2, 0.25) is 0 Å². The molecular weight excluding hydrogens is 284 g/mol. The van der Waals surface area contributed by atoms with E-state index in [0.29, 0.717) is 18.0 Å². The first-order valence-corrected chi connectivity index (χ1v) is 7.58. The third-order valence-corrected chi connectivity index (χ3v) is 4.23. The molecule has 1 aliphatic heterocycles. The molecule has 3 rings (SSSR count). The lowest BCUT2D eigenvalue weighted by Crippen LogP contribution is -2.33. The van der Waals surface area contributed by atoms with Crippen LogP contribution in [0.1, 0.15) is 35.8 Å². The number of rotatable bonds is 3. The van der Waals surface area contributed by atoms with Crippen molar-refractivity contribution in [3.05, 3.63) is 59.2 Å². The van der Waals surface area contributed by atoms with E-state index >= 15 is 0 Å². The van der Waals surface area contributed by atoms with Gasteiger partial charge in [-0.05, 0) is 45.0 Å². The summed E-state index contributed by atoms with van der Waals surface area (Å²) in [7, 11) is 0. The van der Waals surface area contributed by atoms with Crippen molar-refractivity contribution in [3.8, 4) is 0 Å². The van der Waals surface area contributed by atoms with Crippen LogP contribution in [0.2, 0.25) is 0 Å². The quantitative estimate of drug-likeness (QED) is 0.869. The molecule has 1 saturated heterocycles. The summed E-state index contributed by atoms with van der Waals surface area (Å²) < 4.78 is 27.0. The average molecular weight is 303 g/mol. The molecule has 1 fully saturated rings. The summed E-state index contributed by atoms with van der Waals surface area (Å²) in [6.45, 7) is 4.08. The molecule has 5 heteroatoms. The standard InChI is InChI=1S/C17H19F2N3/c1-12-20-8-5-16(21-12)13-6-9-22(10-7-13)11-14-3-2-4-15(18)17(14)19/h2-5,8,13H,6-7,9-11H2,1H3. The van der Waals surface area contributed by atoms with Crippen molar-refractivity contribution in [1.29, 1.82) is 0 Å². The second-order valence-corrected chi connectivity index (χ2v) is 5.79. The number of hydrogen-bond donors (Lipinski definition) is 0. The number of nitrogens with zero attached hydrogens (tertiary/aromatic N) is 3. The molecule has 0 amide bonds. The molecule has 2 heterocycles. The number of hydrogen-bond acceptors (Lipinski definition) is 3. The van der Waals surface area contributed by atoms with E-state index in [-0.39, 0.29) is 0 Å². The van der Waals surface area contributed by atoms with E-state index in [1.807, 2.05) is 13.0 Å². The Labute approximate surface area is 129 Å². The highest BCUT2D eigenvalue weighted by atomic mass is 19.2. The zero-order valence-electron chi connectivity index (χ0n) is 12.6. The van der Waals surface area contributed by atoms with Crippen molar-refractivity contribution in [1.82, 2.24) is 14.9 Å². The van der Waals surface area contributed by atoms with Crippen LogP contribution in [0.25, 0.3) is 0 Å². The molecule has 0 unspecified atom stereocenters. The van der Waals surface area contributed by atoms with Crippen LogP contribution in [0.5, 0.6) is 0 Å². The van der Waals surface area contributed by atoms with Gasteiger partial charge >= 0.3 is 0 Å². The van der Waals surface area contributed by atoms with Gasteiger partial charge in [-0.25, -0.2) is 18.7 Å². The Bertz CT molecular complexity index is 652. The number of likely N-dealkylation sites (tertiary alicyclic amines) is 1. The number of piperidine rings is 1. The monoisotopic (exact) mass is 303 g/mol. The first kappa shape index (κ1) is 15.0. The fourth-order valence-electron chi connectivity index (χ4n) is 3.00. The number of benzene rings is 1. The highest BCUT2D eigenvalue weighted by Gasteiger charge is 2.22. The zero-order valence-corrected chi connectivity index (χ0v) is 12.6. The minimum absolute atomic E-state index is 0.426. The molecule has 1 aliphatic rings. The molecule has 1 aromatic carbocycles. The number of aryl methyl sites for hydroxylation is 1. The maximum Gasteiger partial charge on any atom is 0.163 e. The zero-order chi connectivity index (χ0) is 15.5. The molecule has 0 N–H and O–H groups in total. The largest absolute Gasteiger partial charge is 0.299 e. The van der Waals surface area contributed by atoms with Crippen molar-refractivity contribution in [2.75, 3.05) is 13.1 Å². The van der Waals surface area contributed by atoms with Crippen LogP contribution in [0.3, 0.4) is 0 Å². The van der Waals surface area contributed by atoms with Gasteiger partial charge in [0.25, 0.3) is 0 Å². The number of aromatic nitrogens is 2. The van der Waals surface area contributed by atoms with Crippen molar-refractivity contribution in [2.45, 2.75) is 32.2 Å². The van der Waals surface area contributed by atoms with Crippen molar-refractivity contribution in [3.63, 3.8) is 0 Å². The van der Waals surface area contributed by atoms with E-state index in [9.17, 15) is 8.78 Å². The van der Waals surface area contributed by atoms with Crippen LogP contribution in [-0.4, -0.2) is 28.0 Å². The molecule has 0 bridgehead atoms. The van der Waals surface area contributed by atoms with Gasteiger partial charge in [0.05, 0.1) is 0 Å². The first-order valence-electron chi connectivity index (χ1n) is 7.58. The van der Waals surface area contributed by atoms with Crippen LogP contribution in [0.15, 0.2) is 30.5 Å². The molecule has 0 radical (unpaired) electrons. The molecule has 0 atom stereocenters. The van der Waals surface area contributed by atoms with Crippen LogP contribution in [0, 0.1) is 18.6 Å². The van der Waals surface area contributed by atoms with Gasteiger partial charge < -0.3 is 0 Å². The van der Waals surface area contributed by atoms with Gasteiger partial charge in [0, 0.05) is 29.9 Å². The molecule has 3 nitrogen and oxygen atoms in total. The maximum absolute atomic E-state index is 13.7. The summed E-state index contributed by atoms with van der Waals surface area (Å²) in [4.78, 5) is 10.8. The van der Waals surface area contributed by atoms with Gasteiger partial charge in [0.1, 0.15) is 5.82 Å². The normalized spacial score (nSPS) is 16.9. The van der Waals surface area contributed by atoms with E-state index in [1.165, 1.54) is 0 Å². The molecule has 1 aromatic heterocycles. The summed E-state index contributed by atoms with van der Waals surface area (Å²) in [6.07, 6.45) is 3.76. The maximum atomic E-state index is 13.7. The second kappa shape index (κ2) is 6.48. The third kappa shape index (κ3) is 3.30. The summed E-state index contributed by atoms with van der Waals surface area (Å²) in [6, 6.07) is 6.34. The van der Waals surface area contributed by atoms with Gasteiger partial charge in [-0.15, -0.1) is 0 Å². The van der Waals surface area contributed by atoms with Crippen LogP contribution >= 0.6 is 0 Å². The summed E-state index contributed by atoms with van der Waals surface area (Å²) in [5, 5.41) is 0. The number of halogens is 2. The summed E-state index contributed by atoms with van der Waals surface area (Å²) in [5.74, 6) is -0.281. The SMILES string of the molecule is Cc1nccc(C2CCN(Cc3cccc(F)c3F)CC2)n1. The van der Waals surface area contributed by atoms with Gasteiger partial charge in [-0.1, -0.05) is 12.1 Å². The lowest BCUT2D eigenvalue weighted by atomic mass is 9.93. The lowest BCUT2D eigenvalue weighted by Gasteiger charge is -2.31. The van der Waals surface area contributed by atoms with Crippen LogP contribution in [0.4, 0.5) is 8.78 Å². The Morgan fingerprint density at radius 1 is 1.18 bits per heavy atom. The van der Waals surface area contributed by atoms with Gasteiger partial charge in [-0.3, -0.25) is 4.90 Å². The Morgan fingerprint density at radius 2 is 1.95 bits per heavy atom. The van der Waals surface area contributed by atoms with E-state index in [0.717, 1.165) is 43.5 Å². The minimum atomic E-state index is -0.774. The summed E-state index contributed by atoms with van der Waals surface area (Å²) in [5.41, 5.74) is 1.51. The van der Waals surface area contributed by atoms with Gasteiger partial charge in [-0.2, -0.15) is 0 Å². The Hall–Kier alpha value is -1.88. The molecule has 22 heavy (non-hydrogen) atoms. The third-order valence-electron chi connectivity index (χ3n) is 4.23. The Balaban J connectivity index is 1.61. The van der Waals surface area contributed by atoms with E-state index < -0.39 is 11.6 Å². The van der Waals surface area contributed by atoms with E-state index in [4.69, 9.17) is 0 Å². The van der Waals surface area contributed by atoms with E-state index in [2.05, 4.69) is 14.9 Å². The molecule has 116 valence electrons. The van der Waals surface area contributed by atoms with Crippen molar-refractivity contribution in [2.24, 2.45) is 0 Å². The lowest BCUT2D eigenvalue weighted by molar-refractivity contribution is 0.200. The predicted octanol–water partition coefficient (Wildman–Crippen LogP) is 3.44. The molecule has 0 saturated carbocycles. The Kier molecular flexibility index (Phi) is 4.43. The molecule has 0 aliphatic carbocycles. The van der Waals surface area contributed by atoms with Crippen molar-refractivity contribution < 1.29 is 8.78 Å². The van der Waals surface area contributed by atoms with Crippen molar-refractivity contribution >= 4 is 0 Å². The van der Waals surface area contributed by atoms with Gasteiger partial charge in [0.15, 0.2) is 11.6 Å². The van der Waals surface area contributed by atoms with Crippen LogP contribution in [-0.2, 0) is 6.54 Å². The second-order valence-electron chi connectivity index (χ2n) is 5.79. The highest BCUT2D eigenvalue weighted by molar-refractivity contribution is 5.19. The minimum Gasteiger partial charge on any atom is -0.299 e. The molecule has 0 spiro atoms. The van der Waals surface area contributed by atoms with Crippen LogP contribution < -0.4 is 0 Å². The molecular formula is C17H19F2N3. The highest BCUT2D eigenvalue weighted by Crippen LogP contribution is 2.27. The average Bonchev–Trinajstić information content (AvgIpc) is 2.53. The fourth-order valence-corrected chi connectivity index (χ4v) is 3.00. The first-order chi connectivity index (χ1) is 10.6. The summed E-state index contributed by atoms with van der Waals surface area (Å²) >= 11 is 0. The Morgan fingerprint density at radius 3 is 2.68 bits per heavy atom. The van der Waals surface area contributed by atoms with E-state index in [1.54, 1.807) is 18.3 Å². The smallest absolute Gasteiger partial charge is 0.163 e. The predicted molar refractivity (Wildman–Crippen MR) is 80.4 cm³/mol. The fraction of sp³-hybridized carbons (Fsp3) is 0.412. The topological polar surface area (TPSA) is 29.0 Å².